The van der Waals surface area contributed by atoms with Crippen molar-refractivity contribution >= 4 is 11.6 Å². The van der Waals surface area contributed by atoms with Gasteiger partial charge >= 0.3 is 0 Å². The molecule has 4 heteroatoms. The normalized spacial score (nSPS) is 49.3. The Labute approximate surface area is 137 Å². The van der Waals surface area contributed by atoms with Crippen molar-refractivity contribution in [2.45, 2.75) is 70.0 Å². The SMILES string of the molecule is CCC12C[C@@H](O)[C@H]3[C@@H](CCC4=CC(=O)CCC43O)[C@@H]1CCC2=O. The molecule has 0 aliphatic heterocycles. The van der Waals surface area contributed by atoms with Crippen molar-refractivity contribution < 1.29 is 19.8 Å². The topological polar surface area (TPSA) is 74.6 Å². The highest BCUT2D eigenvalue weighted by molar-refractivity contribution is 5.92. The molecule has 3 saturated carbocycles. The van der Waals surface area contributed by atoms with Crippen LogP contribution in [-0.4, -0.2) is 33.5 Å². The number of Topliss-reactive ketones (excluding diaryl/α,β-unsaturated/α-hetero) is 1. The van der Waals surface area contributed by atoms with Gasteiger partial charge in [0, 0.05) is 24.2 Å². The van der Waals surface area contributed by atoms with E-state index in [1.807, 2.05) is 0 Å². The standard InChI is InChI=1S/C19H26O4/c1-2-18-10-15(21)17-13(14(18)5-6-16(18)22)4-3-11-9-12(20)7-8-19(11,17)23/h9,13-15,17,21,23H,2-8,10H2,1H3/t13-,14-,15+,17+,18?,19?/m0/s1. The molecule has 0 spiro atoms. The molecule has 2 N–H and O–H groups in total. The van der Waals surface area contributed by atoms with E-state index in [4.69, 9.17) is 0 Å². The monoisotopic (exact) mass is 318 g/mol. The third kappa shape index (κ3) is 1.91. The highest BCUT2D eigenvalue weighted by Crippen LogP contribution is 2.62. The fourth-order valence-electron chi connectivity index (χ4n) is 6.46. The number of hydrogen-bond acceptors (Lipinski definition) is 4. The van der Waals surface area contributed by atoms with E-state index in [0.29, 0.717) is 31.5 Å². The lowest BCUT2D eigenvalue weighted by Gasteiger charge is -2.58. The molecule has 0 amide bonds. The van der Waals surface area contributed by atoms with Gasteiger partial charge in [-0.25, -0.2) is 0 Å². The van der Waals surface area contributed by atoms with E-state index in [9.17, 15) is 19.8 Å². The first-order chi connectivity index (χ1) is 10.9. The summed E-state index contributed by atoms with van der Waals surface area (Å²) in [5.74, 6) is 0.672. The summed E-state index contributed by atoms with van der Waals surface area (Å²) in [6.45, 7) is 2.06. The summed E-state index contributed by atoms with van der Waals surface area (Å²) < 4.78 is 0. The van der Waals surface area contributed by atoms with Crippen LogP contribution in [0.2, 0.25) is 0 Å². The zero-order valence-electron chi connectivity index (χ0n) is 13.8. The van der Waals surface area contributed by atoms with Crippen molar-refractivity contribution in [3.63, 3.8) is 0 Å². The summed E-state index contributed by atoms with van der Waals surface area (Å²) in [5.41, 5.74) is -0.591. The van der Waals surface area contributed by atoms with Crippen LogP contribution in [0.3, 0.4) is 0 Å². The summed E-state index contributed by atoms with van der Waals surface area (Å²) in [6, 6.07) is 0. The van der Waals surface area contributed by atoms with Gasteiger partial charge in [0.15, 0.2) is 5.78 Å². The Bertz CT molecular complexity index is 594. The number of ketones is 2. The largest absolute Gasteiger partial charge is 0.393 e. The molecule has 6 atom stereocenters. The zero-order valence-corrected chi connectivity index (χ0v) is 13.8. The molecule has 23 heavy (non-hydrogen) atoms. The smallest absolute Gasteiger partial charge is 0.155 e. The first kappa shape index (κ1) is 15.5. The molecule has 2 unspecified atom stereocenters. The Hall–Kier alpha value is -1.00. The number of aliphatic hydroxyl groups is 2. The Kier molecular flexibility index (Phi) is 3.37. The van der Waals surface area contributed by atoms with Crippen LogP contribution in [0, 0.1) is 23.2 Å². The maximum atomic E-state index is 12.6. The lowest BCUT2D eigenvalue weighted by atomic mass is 9.49. The number of aliphatic hydroxyl groups excluding tert-OH is 1. The number of carbonyl (C=O) groups is 2. The molecule has 3 fully saturated rings. The Morgan fingerprint density at radius 1 is 1.22 bits per heavy atom. The molecule has 0 aromatic carbocycles. The summed E-state index contributed by atoms with van der Waals surface area (Å²) in [7, 11) is 0. The van der Waals surface area contributed by atoms with E-state index in [1.165, 1.54) is 0 Å². The zero-order chi connectivity index (χ0) is 16.4. The first-order valence-electron chi connectivity index (χ1n) is 9.10. The van der Waals surface area contributed by atoms with Crippen LogP contribution < -0.4 is 0 Å². The number of carbonyl (C=O) groups excluding carboxylic acids is 2. The van der Waals surface area contributed by atoms with Gasteiger partial charge in [-0.2, -0.15) is 0 Å². The van der Waals surface area contributed by atoms with Crippen molar-refractivity contribution in [2.75, 3.05) is 0 Å². The molecular weight excluding hydrogens is 292 g/mol. The third-order valence-corrected chi connectivity index (χ3v) is 7.49. The van der Waals surface area contributed by atoms with Crippen molar-refractivity contribution in [2.24, 2.45) is 23.2 Å². The van der Waals surface area contributed by atoms with Crippen LogP contribution >= 0.6 is 0 Å². The lowest BCUT2D eigenvalue weighted by molar-refractivity contribution is -0.169. The van der Waals surface area contributed by atoms with Gasteiger partial charge in [-0.05, 0) is 62.0 Å². The van der Waals surface area contributed by atoms with E-state index in [-0.39, 0.29) is 29.0 Å². The fraction of sp³-hybridized carbons (Fsp3) is 0.789. The minimum absolute atomic E-state index is 0.0902. The predicted molar refractivity (Wildman–Crippen MR) is 84.6 cm³/mol. The molecule has 0 aromatic rings. The van der Waals surface area contributed by atoms with Crippen molar-refractivity contribution in [1.82, 2.24) is 0 Å². The molecule has 4 rings (SSSR count). The van der Waals surface area contributed by atoms with Crippen LogP contribution in [0.25, 0.3) is 0 Å². The Morgan fingerprint density at radius 2 is 2.00 bits per heavy atom. The molecule has 126 valence electrons. The summed E-state index contributed by atoms with van der Waals surface area (Å²) in [6.07, 6.45) is 6.14. The third-order valence-electron chi connectivity index (χ3n) is 7.49. The van der Waals surface area contributed by atoms with Gasteiger partial charge in [0.25, 0.3) is 0 Å². The highest BCUT2D eigenvalue weighted by Gasteiger charge is 2.63. The first-order valence-corrected chi connectivity index (χ1v) is 9.10. The van der Waals surface area contributed by atoms with Gasteiger partial charge in [-0.3, -0.25) is 9.59 Å². The van der Waals surface area contributed by atoms with Crippen LogP contribution in [0.5, 0.6) is 0 Å². The van der Waals surface area contributed by atoms with Gasteiger partial charge in [0.2, 0.25) is 0 Å². The molecule has 0 bridgehead atoms. The molecule has 4 nitrogen and oxygen atoms in total. The van der Waals surface area contributed by atoms with E-state index in [0.717, 1.165) is 31.3 Å². The van der Waals surface area contributed by atoms with E-state index >= 15 is 0 Å². The van der Waals surface area contributed by atoms with Crippen LogP contribution in [0.15, 0.2) is 11.6 Å². The number of rotatable bonds is 1. The number of hydrogen-bond donors (Lipinski definition) is 2. The van der Waals surface area contributed by atoms with Crippen LogP contribution in [0.1, 0.15) is 58.3 Å². The molecule has 4 aliphatic carbocycles. The van der Waals surface area contributed by atoms with E-state index in [2.05, 4.69) is 6.92 Å². The van der Waals surface area contributed by atoms with Gasteiger partial charge in [0.1, 0.15) is 5.78 Å². The summed E-state index contributed by atoms with van der Waals surface area (Å²) in [4.78, 5) is 24.3. The Morgan fingerprint density at radius 3 is 2.74 bits per heavy atom. The van der Waals surface area contributed by atoms with Gasteiger partial charge < -0.3 is 10.2 Å². The Balaban J connectivity index is 1.76. The maximum absolute atomic E-state index is 12.6. The van der Waals surface area contributed by atoms with Gasteiger partial charge in [-0.15, -0.1) is 0 Å². The second-order valence-corrected chi connectivity index (χ2v) is 8.14. The number of fused-ring (bicyclic) bond motifs is 5. The second kappa shape index (κ2) is 5.00. The van der Waals surface area contributed by atoms with E-state index < -0.39 is 11.7 Å². The van der Waals surface area contributed by atoms with Crippen molar-refractivity contribution in [3.05, 3.63) is 11.6 Å². The van der Waals surface area contributed by atoms with Crippen molar-refractivity contribution in [1.29, 1.82) is 0 Å². The van der Waals surface area contributed by atoms with Gasteiger partial charge in [0.05, 0.1) is 11.7 Å². The molecular formula is C19H26O4. The van der Waals surface area contributed by atoms with Crippen LogP contribution in [0.4, 0.5) is 0 Å². The minimum Gasteiger partial charge on any atom is -0.393 e. The highest BCUT2D eigenvalue weighted by atomic mass is 16.3. The molecule has 0 heterocycles. The quantitative estimate of drug-likeness (QED) is 0.777. The molecule has 4 aliphatic rings. The van der Waals surface area contributed by atoms with E-state index in [1.54, 1.807) is 6.08 Å². The van der Waals surface area contributed by atoms with Crippen molar-refractivity contribution in [3.8, 4) is 0 Å². The average molecular weight is 318 g/mol. The molecule has 0 radical (unpaired) electrons. The summed E-state index contributed by atoms with van der Waals surface area (Å²) >= 11 is 0. The maximum Gasteiger partial charge on any atom is 0.155 e. The van der Waals surface area contributed by atoms with Crippen LogP contribution in [-0.2, 0) is 9.59 Å². The summed E-state index contributed by atoms with van der Waals surface area (Å²) in [5, 5.41) is 22.3. The van der Waals surface area contributed by atoms with Gasteiger partial charge in [-0.1, -0.05) is 6.92 Å². The second-order valence-electron chi connectivity index (χ2n) is 8.14. The fourth-order valence-corrected chi connectivity index (χ4v) is 6.46. The predicted octanol–water partition coefficient (Wildman–Crippen LogP) is 2.17. The molecule has 0 saturated heterocycles. The minimum atomic E-state index is -1.04. The molecule has 0 aromatic heterocycles. The lowest BCUT2D eigenvalue weighted by Crippen LogP contribution is -2.61. The average Bonchev–Trinajstić information content (AvgIpc) is 2.85.